The Bertz CT molecular complexity index is 1030. The van der Waals surface area contributed by atoms with Gasteiger partial charge in [-0.15, -0.1) is 0 Å². The number of hydrogen-bond acceptors (Lipinski definition) is 4. The summed E-state index contributed by atoms with van der Waals surface area (Å²) in [5.41, 5.74) is 5.15. The molecule has 1 fully saturated rings. The first kappa shape index (κ1) is 19.8. The molecule has 2 aromatic heterocycles. The molecule has 2 amide bonds. The molecule has 0 aliphatic carbocycles. The standard InChI is InChI=1S/C23H25N5O2/c1-15-11-16(2)13-19(12-15)25-22(29)18-5-9-28(10-6-18)23(30)21-14-20(26-27-21)17-3-7-24-8-4-17/h3-4,7-8,11-14,18H,5-6,9-10H2,1-2H3,(H,25,29)(H,26,27). The predicted octanol–water partition coefficient (Wildman–Crippen LogP) is 3.58. The molecule has 30 heavy (non-hydrogen) atoms. The first-order chi connectivity index (χ1) is 14.5. The molecular formula is C23H25N5O2. The predicted molar refractivity (Wildman–Crippen MR) is 115 cm³/mol. The van der Waals surface area contributed by atoms with Crippen molar-refractivity contribution in [1.82, 2.24) is 20.1 Å². The monoisotopic (exact) mass is 403 g/mol. The molecule has 1 aliphatic heterocycles. The number of anilines is 1. The third kappa shape index (κ3) is 4.40. The van der Waals surface area contributed by atoms with Crippen LogP contribution in [0.3, 0.4) is 0 Å². The van der Waals surface area contributed by atoms with Gasteiger partial charge in [-0.1, -0.05) is 6.07 Å². The summed E-state index contributed by atoms with van der Waals surface area (Å²) in [6.07, 6.45) is 4.68. The molecule has 154 valence electrons. The molecule has 4 rings (SSSR count). The molecule has 1 aromatic carbocycles. The molecule has 0 spiro atoms. The van der Waals surface area contributed by atoms with Crippen LogP contribution in [0.5, 0.6) is 0 Å². The molecule has 0 unspecified atom stereocenters. The van der Waals surface area contributed by atoms with Gasteiger partial charge in [0, 0.05) is 42.7 Å². The minimum absolute atomic E-state index is 0.0219. The molecule has 0 atom stereocenters. The van der Waals surface area contributed by atoms with Crippen LogP contribution >= 0.6 is 0 Å². The number of amides is 2. The molecule has 7 nitrogen and oxygen atoms in total. The summed E-state index contributed by atoms with van der Waals surface area (Å²) in [5, 5.41) is 10.1. The smallest absolute Gasteiger partial charge is 0.271 e. The lowest BCUT2D eigenvalue weighted by Crippen LogP contribution is -2.41. The highest BCUT2D eigenvalue weighted by Crippen LogP contribution is 2.23. The van der Waals surface area contributed by atoms with E-state index in [4.69, 9.17) is 0 Å². The van der Waals surface area contributed by atoms with Gasteiger partial charge < -0.3 is 10.2 Å². The highest BCUT2D eigenvalue weighted by atomic mass is 16.2. The highest BCUT2D eigenvalue weighted by molar-refractivity contribution is 5.95. The zero-order valence-electron chi connectivity index (χ0n) is 17.2. The van der Waals surface area contributed by atoms with Crippen molar-refractivity contribution < 1.29 is 9.59 Å². The summed E-state index contributed by atoms with van der Waals surface area (Å²) in [7, 11) is 0. The fourth-order valence-corrected chi connectivity index (χ4v) is 3.91. The van der Waals surface area contributed by atoms with Gasteiger partial charge in [0.1, 0.15) is 5.69 Å². The summed E-state index contributed by atoms with van der Waals surface area (Å²) >= 11 is 0. The van der Waals surface area contributed by atoms with Crippen LogP contribution in [-0.2, 0) is 4.79 Å². The van der Waals surface area contributed by atoms with E-state index < -0.39 is 0 Å². The van der Waals surface area contributed by atoms with Crippen LogP contribution in [0.2, 0.25) is 0 Å². The minimum atomic E-state index is -0.0935. The summed E-state index contributed by atoms with van der Waals surface area (Å²) < 4.78 is 0. The second-order valence-electron chi connectivity index (χ2n) is 7.83. The number of carbonyl (C=O) groups is 2. The first-order valence-electron chi connectivity index (χ1n) is 10.1. The number of H-pyrrole nitrogens is 1. The van der Waals surface area contributed by atoms with Gasteiger partial charge in [-0.3, -0.25) is 19.7 Å². The van der Waals surface area contributed by atoms with E-state index in [-0.39, 0.29) is 17.7 Å². The Kier molecular flexibility index (Phi) is 5.61. The number of benzene rings is 1. The van der Waals surface area contributed by atoms with E-state index in [2.05, 4.69) is 26.6 Å². The Labute approximate surface area is 175 Å². The van der Waals surface area contributed by atoms with Crippen molar-refractivity contribution in [3.05, 3.63) is 65.6 Å². The maximum atomic E-state index is 12.8. The third-order valence-electron chi connectivity index (χ3n) is 5.43. The van der Waals surface area contributed by atoms with Crippen molar-refractivity contribution in [1.29, 1.82) is 0 Å². The van der Waals surface area contributed by atoms with Gasteiger partial charge in [-0.05, 0) is 68.1 Å². The van der Waals surface area contributed by atoms with Gasteiger partial charge in [0.25, 0.3) is 5.91 Å². The number of piperidine rings is 1. The number of aryl methyl sites for hydroxylation is 2. The highest BCUT2D eigenvalue weighted by Gasteiger charge is 2.28. The molecular weight excluding hydrogens is 378 g/mol. The van der Waals surface area contributed by atoms with Crippen LogP contribution in [0, 0.1) is 19.8 Å². The van der Waals surface area contributed by atoms with E-state index in [1.807, 2.05) is 38.1 Å². The molecule has 7 heteroatoms. The molecule has 1 saturated heterocycles. The Balaban J connectivity index is 1.34. The minimum Gasteiger partial charge on any atom is -0.337 e. The summed E-state index contributed by atoms with van der Waals surface area (Å²) in [4.78, 5) is 31.3. The summed E-state index contributed by atoms with van der Waals surface area (Å²) in [6, 6.07) is 11.5. The van der Waals surface area contributed by atoms with Gasteiger partial charge in [0.2, 0.25) is 5.91 Å². The van der Waals surface area contributed by atoms with Crippen LogP contribution in [0.4, 0.5) is 5.69 Å². The fraction of sp³-hybridized carbons (Fsp3) is 0.304. The van der Waals surface area contributed by atoms with Gasteiger partial charge in [0.15, 0.2) is 0 Å². The van der Waals surface area contributed by atoms with Crippen molar-refractivity contribution in [2.24, 2.45) is 5.92 Å². The second kappa shape index (κ2) is 8.49. The van der Waals surface area contributed by atoms with Crippen molar-refractivity contribution in [2.45, 2.75) is 26.7 Å². The van der Waals surface area contributed by atoms with Crippen LogP contribution < -0.4 is 5.32 Å². The molecule has 2 N–H and O–H groups in total. The third-order valence-corrected chi connectivity index (χ3v) is 5.43. The molecule has 3 heterocycles. The number of aromatic nitrogens is 3. The Morgan fingerprint density at radius 1 is 1.03 bits per heavy atom. The summed E-state index contributed by atoms with van der Waals surface area (Å²) in [5.74, 6) is -0.159. The number of pyridine rings is 1. The van der Waals surface area contributed by atoms with E-state index in [0.717, 1.165) is 22.4 Å². The van der Waals surface area contributed by atoms with Gasteiger partial charge in [-0.2, -0.15) is 5.10 Å². The van der Waals surface area contributed by atoms with Crippen molar-refractivity contribution in [2.75, 3.05) is 18.4 Å². The lowest BCUT2D eigenvalue weighted by atomic mass is 9.95. The normalized spacial score (nSPS) is 14.5. The van der Waals surface area contributed by atoms with E-state index in [9.17, 15) is 9.59 Å². The maximum absolute atomic E-state index is 12.8. The van der Waals surface area contributed by atoms with Crippen LogP contribution in [0.25, 0.3) is 11.3 Å². The fourth-order valence-electron chi connectivity index (χ4n) is 3.91. The zero-order valence-corrected chi connectivity index (χ0v) is 17.2. The molecule has 1 aliphatic rings. The Morgan fingerprint density at radius 2 is 1.70 bits per heavy atom. The average Bonchev–Trinajstić information content (AvgIpc) is 3.23. The van der Waals surface area contributed by atoms with Gasteiger partial charge in [-0.25, -0.2) is 0 Å². The molecule has 3 aromatic rings. The van der Waals surface area contributed by atoms with E-state index >= 15 is 0 Å². The quantitative estimate of drug-likeness (QED) is 0.697. The van der Waals surface area contributed by atoms with Crippen molar-refractivity contribution in [3.8, 4) is 11.3 Å². The van der Waals surface area contributed by atoms with Crippen LogP contribution in [0.1, 0.15) is 34.5 Å². The van der Waals surface area contributed by atoms with Crippen molar-refractivity contribution >= 4 is 17.5 Å². The van der Waals surface area contributed by atoms with Crippen LogP contribution in [0.15, 0.2) is 48.8 Å². The number of carbonyl (C=O) groups excluding carboxylic acids is 2. The van der Waals surface area contributed by atoms with Gasteiger partial charge in [0.05, 0.1) is 5.69 Å². The van der Waals surface area contributed by atoms with Crippen molar-refractivity contribution in [3.63, 3.8) is 0 Å². The zero-order chi connectivity index (χ0) is 21.1. The summed E-state index contributed by atoms with van der Waals surface area (Å²) in [6.45, 7) is 5.13. The van der Waals surface area contributed by atoms with E-state index in [1.54, 1.807) is 23.4 Å². The lowest BCUT2D eigenvalue weighted by molar-refractivity contribution is -0.121. The number of hydrogen-bond donors (Lipinski definition) is 2. The van der Waals surface area contributed by atoms with E-state index in [0.29, 0.717) is 37.3 Å². The largest absolute Gasteiger partial charge is 0.337 e. The molecule has 0 bridgehead atoms. The second-order valence-corrected chi connectivity index (χ2v) is 7.83. The number of aromatic amines is 1. The molecule has 0 saturated carbocycles. The topological polar surface area (TPSA) is 91.0 Å². The van der Waals surface area contributed by atoms with Crippen LogP contribution in [-0.4, -0.2) is 45.0 Å². The lowest BCUT2D eigenvalue weighted by Gasteiger charge is -2.31. The number of nitrogens with one attached hydrogen (secondary N) is 2. The Hall–Kier alpha value is -3.48. The maximum Gasteiger partial charge on any atom is 0.271 e. The first-order valence-corrected chi connectivity index (χ1v) is 10.1. The SMILES string of the molecule is Cc1cc(C)cc(NC(=O)C2CCN(C(=O)c3cc(-c4ccncc4)n[nH]3)CC2)c1. The number of nitrogens with zero attached hydrogens (tertiary/aromatic N) is 3. The molecule has 0 radical (unpaired) electrons. The van der Waals surface area contributed by atoms with E-state index in [1.165, 1.54) is 0 Å². The Morgan fingerprint density at radius 3 is 2.37 bits per heavy atom. The average molecular weight is 403 g/mol. The number of rotatable bonds is 4. The van der Waals surface area contributed by atoms with Gasteiger partial charge >= 0.3 is 0 Å². The number of likely N-dealkylation sites (tertiary alicyclic amines) is 1.